The van der Waals surface area contributed by atoms with Gasteiger partial charge in [0.1, 0.15) is 42.3 Å². The van der Waals surface area contributed by atoms with E-state index in [0.29, 0.717) is 23.3 Å². The first kappa shape index (κ1) is 60.6. The summed E-state index contributed by atoms with van der Waals surface area (Å²) in [6.45, 7) is 8.98. The van der Waals surface area contributed by atoms with Crippen LogP contribution in [0.15, 0.2) is 115 Å². The molecule has 5 unspecified atom stereocenters. The number of nitrogens with one attached hydrogen (secondary N) is 7. The Kier molecular flexibility index (Phi) is 19.3. The minimum atomic E-state index is -1.02. The molecule has 2 aliphatic heterocycles. The summed E-state index contributed by atoms with van der Waals surface area (Å²) in [4.78, 5) is 102. The Morgan fingerprint density at radius 1 is 0.631 bits per heavy atom. The Morgan fingerprint density at radius 3 is 1.76 bits per heavy atom. The van der Waals surface area contributed by atoms with Crippen molar-refractivity contribution in [2.45, 2.75) is 160 Å². The molecule has 1 saturated heterocycles. The molecule has 84 heavy (non-hydrogen) atoms. The van der Waals surface area contributed by atoms with Crippen molar-refractivity contribution in [1.29, 1.82) is 0 Å². The zero-order chi connectivity index (χ0) is 59.8. The van der Waals surface area contributed by atoms with Gasteiger partial charge in [0.05, 0.1) is 29.7 Å². The number of likely N-dealkylation sites (tertiary alicyclic amines) is 1. The molecule has 5 aromatic carbocycles. The van der Waals surface area contributed by atoms with Crippen LogP contribution in [0.1, 0.15) is 134 Å². The second-order valence-corrected chi connectivity index (χ2v) is 24.0. The lowest BCUT2D eigenvalue weighted by Gasteiger charge is -2.39. The lowest BCUT2D eigenvalue weighted by Crippen LogP contribution is -2.59. The Labute approximate surface area is 492 Å². The standard InChI is InChI=1S/C66H80FN9O8/c1-39(68-6)59(77)73-55(64(82)75-36-46-19-9-8-18-45(46)34-56(75)62(80)71-53-24-14-20-43-16-10-12-22-49(43)53)33-41-26-29-48(30-27-41)84-38-42-28-31-51(52(67)32-42)61(79)70-47-35-57(63(81)72-54-25-15-21-44-17-11-13-23-50(44)54)76(37-47)65(83)58(66(3,4)5)74-60(78)40(2)69-7/h8-13,16-19,22-23,26-32,39-40,47,53-58,68-69H,14-15,20-21,24-25,33-38H2,1-7H3,(H,70,79)(H,71,80)(H,72,81)(H,73,77)(H,74,78)/t39?,40?,47-,53+,54+,55?,56?,57-,58?/m0/s1. The summed E-state index contributed by atoms with van der Waals surface area (Å²) in [6.07, 6.45) is 5.66. The van der Waals surface area contributed by atoms with Crippen LogP contribution in [0, 0.1) is 11.2 Å². The zero-order valence-corrected chi connectivity index (χ0v) is 49.2. The topological polar surface area (TPSA) is 219 Å². The van der Waals surface area contributed by atoms with E-state index in [9.17, 15) is 33.6 Å². The Hall–Kier alpha value is -7.96. The minimum absolute atomic E-state index is 0.0510. The second kappa shape index (κ2) is 26.7. The highest BCUT2D eigenvalue weighted by Gasteiger charge is 2.46. The lowest BCUT2D eigenvalue weighted by molar-refractivity contribution is -0.145. The number of hydrogen-bond donors (Lipinski definition) is 7. The predicted molar refractivity (Wildman–Crippen MR) is 318 cm³/mol. The number of rotatable bonds is 19. The normalized spacial score (nSPS) is 20.5. The number of ether oxygens (including phenoxy) is 1. The fraction of sp³-hybridized carbons (Fsp3) is 0.439. The number of amides is 7. The van der Waals surface area contributed by atoms with Crippen molar-refractivity contribution in [2.24, 2.45) is 5.41 Å². The van der Waals surface area contributed by atoms with Crippen LogP contribution in [-0.2, 0) is 67.6 Å². The maximum Gasteiger partial charge on any atom is 0.254 e. The molecule has 444 valence electrons. The van der Waals surface area contributed by atoms with Crippen molar-refractivity contribution in [3.63, 3.8) is 0 Å². The molecule has 2 heterocycles. The van der Waals surface area contributed by atoms with E-state index < -0.39 is 65.3 Å². The quantitative estimate of drug-likeness (QED) is 0.0495. The number of carbonyl (C=O) groups excluding carboxylic acids is 7. The maximum absolute atomic E-state index is 16.0. The number of benzene rings is 5. The smallest absolute Gasteiger partial charge is 0.254 e. The van der Waals surface area contributed by atoms with E-state index in [2.05, 4.69) is 55.4 Å². The van der Waals surface area contributed by atoms with Crippen LogP contribution in [0.4, 0.5) is 4.39 Å². The minimum Gasteiger partial charge on any atom is -0.489 e. The second-order valence-electron chi connectivity index (χ2n) is 24.0. The molecule has 2 aliphatic carbocycles. The third kappa shape index (κ3) is 14.2. The molecule has 9 rings (SSSR count). The van der Waals surface area contributed by atoms with E-state index in [4.69, 9.17) is 4.74 Å². The fourth-order valence-electron chi connectivity index (χ4n) is 12.0. The van der Waals surface area contributed by atoms with E-state index in [-0.39, 0.29) is 79.7 Å². The Morgan fingerprint density at radius 2 is 1.18 bits per heavy atom. The fourth-order valence-corrected chi connectivity index (χ4v) is 12.0. The molecular formula is C66H80FN9O8. The molecule has 17 nitrogen and oxygen atoms in total. The van der Waals surface area contributed by atoms with Crippen LogP contribution in [-0.4, -0.2) is 114 Å². The number of hydrogen-bond acceptors (Lipinski definition) is 10. The SMILES string of the molecule is CNC(C)C(=O)NC(Cc1ccc(OCc2ccc(C(=O)N[C@H]3C[C@@H](C(=O)N[C@@H]4CCCc5ccccc54)N(C(=O)C(NC(=O)C(C)NC)C(C)(C)C)C3)c(F)c2)cc1)C(=O)N1Cc2ccccc2CC1C(=O)N[C@@H]1CCCc2ccccc21. The molecule has 5 aromatic rings. The van der Waals surface area contributed by atoms with Gasteiger partial charge in [0.25, 0.3) is 5.91 Å². The number of halogens is 1. The van der Waals surface area contributed by atoms with Gasteiger partial charge in [-0.05, 0) is 147 Å². The van der Waals surface area contributed by atoms with Gasteiger partial charge in [-0.15, -0.1) is 0 Å². The largest absolute Gasteiger partial charge is 0.489 e. The molecule has 7 amide bonds. The summed E-state index contributed by atoms with van der Waals surface area (Å²) in [7, 11) is 3.31. The third-order valence-electron chi connectivity index (χ3n) is 17.1. The van der Waals surface area contributed by atoms with E-state index >= 15 is 4.39 Å². The van der Waals surface area contributed by atoms with Gasteiger partial charge in [0.15, 0.2) is 0 Å². The first-order valence-corrected chi connectivity index (χ1v) is 29.5. The maximum atomic E-state index is 16.0. The number of fused-ring (bicyclic) bond motifs is 3. The van der Waals surface area contributed by atoms with E-state index in [0.717, 1.165) is 66.3 Å². The van der Waals surface area contributed by atoms with Crippen LogP contribution in [0.25, 0.3) is 0 Å². The van der Waals surface area contributed by atoms with Crippen LogP contribution in [0.3, 0.4) is 0 Å². The summed E-state index contributed by atoms with van der Waals surface area (Å²) >= 11 is 0. The average Bonchev–Trinajstić information content (AvgIpc) is 2.00. The number of nitrogens with zero attached hydrogens (tertiary/aromatic N) is 2. The van der Waals surface area contributed by atoms with Crippen LogP contribution in [0.5, 0.6) is 5.75 Å². The number of aryl methyl sites for hydroxylation is 2. The Bertz CT molecular complexity index is 3240. The van der Waals surface area contributed by atoms with Crippen molar-refractivity contribution in [1.82, 2.24) is 47.0 Å². The van der Waals surface area contributed by atoms with Crippen molar-refractivity contribution < 1.29 is 42.7 Å². The van der Waals surface area contributed by atoms with Crippen LogP contribution < -0.4 is 42.0 Å². The highest BCUT2D eigenvalue weighted by Crippen LogP contribution is 2.34. The molecule has 0 radical (unpaired) electrons. The third-order valence-corrected chi connectivity index (χ3v) is 17.1. The number of carbonyl (C=O) groups is 7. The monoisotopic (exact) mass is 1150 g/mol. The van der Waals surface area contributed by atoms with E-state index in [1.807, 2.05) is 75.4 Å². The van der Waals surface area contributed by atoms with Gasteiger partial charge in [-0.2, -0.15) is 0 Å². The first-order chi connectivity index (χ1) is 40.3. The highest BCUT2D eigenvalue weighted by molar-refractivity contribution is 5.97. The van der Waals surface area contributed by atoms with Crippen molar-refractivity contribution in [2.75, 3.05) is 20.6 Å². The van der Waals surface area contributed by atoms with Gasteiger partial charge in [-0.3, -0.25) is 33.6 Å². The zero-order valence-electron chi connectivity index (χ0n) is 49.2. The molecule has 1 fully saturated rings. The highest BCUT2D eigenvalue weighted by atomic mass is 19.1. The molecule has 0 aromatic heterocycles. The summed E-state index contributed by atoms with van der Waals surface area (Å²) in [5.74, 6) is -3.30. The summed E-state index contributed by atoms with van der Waals surface area (Å²) in [6, 6.07) is 28.9. The molecule has 0 spiro atoms. The molecule has 0 bridgehead atoms. The average molecular weight is 1150 g/mol. The summed E-state index contributed by atoms with van der Waals surface area (Å²) < 4.78 is 22.1. The molecule has 9 atom stereocenters. The number of likely N-dealkylation sites (N-methyl/N-ethyl adjacent to an activating group) is 2. The lowest BCUT2D eigenvalue weighted by atomic mass is 9.85. The molecule has 18 heteroatoms. The van der Waals surface area contributed by atoms with Crippen molar-refractivity contribution >= 4 is 41.4 Å². The molecule has 7 N–H and O–H groups in total. The Balaban J connectivity index is 0.857. The van der Waals surface area contributed by atoms with Gasteiger partial charge in [-0.25, -0.2) is 4.39 Å². The van der Waals surface area contributed by atoms with E-state index in [1.165, 1.54) is 22.6 Å². The first-order valence-electron chi connectivity index (χ1n) is 29.5. The predicted octanol–water partition coefficient (Wildman–Crippen LogP) is 6.22. The van der Waals surface area contributed by atoms with Gasteiger partial charge in [-0.1, -0.05) is 112 Å². The van der Waals surface area contributed by atoms with Crippen LogP contribution in [0.2, 0.25) is 0 Å². The van der Waals surface area contributed by atoms with Crippen molar-refractivity contribution in [3.05, 3.63) is 171 Å². The van der Waals surface area contributed by atoms with Crippen molar-refractivity contribution in [3.8, 4) is 5.75 Å². The van der Waals surface area contributed by atoms with E-state index in [1.54, 1.807) is 63.2 Å². The van der Waals surface area contributed by atoms with Gasteiger partial charge < -0.3 is 51.8 Å². The molecule has 0 saturated carbocycles. The van der Waals surface area contributed by atoms with Gasteiger partial charge >= 0.3 is 0 Å². The van der Waals surface area contributed by atoms with Crippen LogP contribution >= 0.6 is 0 Å². The van der Waals surface area contributed by atoms with Gasteiger partial charge in [0, 0.05) is 32.0 Å². The van der Waals surface area contributed by atoms with Gasteiger partial charge in [0.2, 0.25) is 35.4 Å². The summed E-state index contributed by atoms with van der Waals surface area (Å²) in [5.41, 5.74) is 6.58. The molecule has 4 aliphatic rings. The molecular weight excluding hydrogens is 1070 g/mol. The summed E-state index contributed by atoms with van der Waals surface area (Å²) in [5, 5.41) is 21.1.